The second kappa shape index (κ2) is 5.13. The number of fused-ring (bicyclic) bond motifs is 1. The van der Waals surface area contributed by atoms with Crippen LogP contribution in [0, 0.1) is 0 Å². The lowest BCUT2D eigenvalue weighted by atomic mass is 10.2. The van der Waals surface area contributed by atoms with Gasteiger partial charge in [-0.15, -0.1) is 11.3 Å². The van der Waals surface area contributed by atoms with Crippen molar-refractivity contribution in [2.45, 2.75) is 6.54 Å². The average molecular weight is 289 g/mol. The van der Waals surface area contributed by atoms with Gasteiger partial charge in [-0.2, -0.15) is 0 Å². The molecule has 0 atom stereocenters. The van der Waals surface area contributed by atoms with Crippen LogP contribution >= 0.6 is 11.3 Å². The van der Waals surface area contributed by atoms with Crippen LogP contribution in [-0.2, 0) is 6.54 Å². The molecule has 0 spiro atoms. The molecule has 20 heavy (non-hydrogen) atoms. The second-order valence-corrected chi connectivity index (χ2v) is 5.71. The van der Waals surface area contributed by atoms with E-state index in [1.807, 2.05) is 12.1 Å². The summed E-state index contributed by atoms with van der Waals surface area (Å²) in [6.45, 7) is 2.52. The van der Waals surface area contributed by atoms with Gasteiger partial charge in [0.2, 0.25) is 0 Å². The molecule has 0 saturated carbocycles. The van der Waals surface area contributed by atoms with Crippen LogP contribution in [0.25, 0.3) is 0 Å². The molecular formula is C14H15N3O2S. The Bertz CT molecular complexity index is 641. The summed E-state index contributed by atoms with van der Waals surface area (Å²) in [4.78, 5) is 19.5. The molecule has 6 heteroatoms. The van der Waals surface area contributed by atoms with Gasteiger partial charge >= 0.3 is 5.97 Å². The quantitative estimate of drug-likeness (QED) is 0.939. The van der Waals surface area contributed by atoms with Crippen LogP contribution in [-0.4, -0.2) is 36.2 Å². The van der Waals surface area contributed by atoms with E-state index in [4.69, 9.17) is 5.11 Å². The van der Waals surface area contributed by atoms with Crippen LogP contribution in [0.2, 0.25) is 0 Å². The van der Waals surface area contributed by atoms with Gasteiger partial charge in [-0.1, -0.05) is 12.1 Å². The largest absolute Gasteiger partial charge is 0.476 e. The molecule has 0 unspecified atom stereocenters. The summed E-state index contributed by atoms with van der Waals surface area (Å²) < 4.78 is 0. The highest BCUT2D eigenvalue weighted by Gasteiger charge is 2.21. The molecule has 0 fully saturated rings. The second-order valence-electron chi connectivity index (χ2n) is 4.76. The minimum atomic E-state index is -0.966. The molecule has 0 radical (unpaired) electrons. The van der Waals surface area contributed by atoms with Gasteiger partial charge in [0.1, 0.15) is 5.01 Å². The van der Waals surface area contributed by atoms with E-state index in [0.717, 1.165) is 18.1 Å². The summed E-state index contributed by atoms with van der Waals surface area (Å²) in [5.74, 6) is -0.966. The zero-order valence-corrected chi connectivity index (χ0v) is 11.9. The van der Waals surface area contributed by atoms with E-state index in [2.05, 4.69) is 34.0 Å². The third kappa shape index (κ3) is 2.34. The van der Waals surface area contributed by atoms with Crippen molar-refractivity contribution in [3.05, 3.63) is 40.3 Å². The number of thiazole rings is 1. The van der Waals surface area contributed by atoms with Crippen molar-refractivity contribution < 1.29 is 9.90 Å². The van der Waals surface area contributed by atoms with Crippen LogP contribution < -0.4 is 9.80 Å². The van der Waals surface area contributed by atoms with Crippen molar-refractivity contribution in [3.63, 3.8) is 0 Å². The normalized spacial score (nSPS) is 14.2. The number of anilines is 2. The Morgan fingerprint density at radius 1 is 1.35 bits per heavy atom. The van der Waals surface area contributed by atoms with Crippen molar-refractivity contribution in [1.82, 2.24) is 4.98 Å². The molecule has 1 aromatic carbocycles. The fourth-order valence-electron chi connectivity index (χ4n) is 2.38. The SMILES string of the molecule is CN1CCN(Cc2nc(C(=O)O)cs2)c2ccccc21. The third-order valence-electron chi connectivity index (χ3n) is 3.44. The number of benzene rings is 1. The van der Waals surface area contributed by atoms with Crippen LogP contribution in [0.4, 0.5) is 11.4 Å². The predicted molar refractivity (Wildman–Crippen MR) is 79.8 cm³/mol. The number of hydrogen-bond acceptors (Lipinski definition) is 5. The molecule has 1 N–H and O–H groups in total. The fourth-order valence-corrected chi connectivity index (χ4v) is 3.16. The van der Waals surface area contributed by atoms with Crippen molar-refractivity contribution in [3.8, 4) is 0 Å². The van der Waals surface area contributed by atoms with E-state index >= 15 is 0 Å². The molecule has 5 nitrogen and oxygen atoms in total. The summed E-state index contributed by atoms with van der Waals surface area (Å²) in [7, 11) is 2.09. The Morgan fingerprint density at radius 2 is 2.10 bits per heavy atom. The number of nitrogens with zero attached hydrogens (tertiary/aromatic N) is 3. The first-order valence-corrected chi connectivity index (χ1v) is 7.26. The molecule has 2 aromatic rings. The number of para-hydroxylation sites is 2. The Kier molecular flexibility index (Phi) is 3.31. The molecule has 104 valence electrons. The molecular weight excluding hydrogens is 274 g/mol. The Hall–Kier alpha value is -2.08. The van der Waals surface area contributed by atoms with Crippen molar-refractivity contribution in [2.24, 2.45) is 0 Å². The van der Waals surface area contributed by atoms with E-state index in [0.29, 0.717) is 6.54 Å². The minimum Gasteiger partial charge on any atom is -0.476 e. The van der Waals surface area contributed by atoms with E-state index < -0.39 is 5.97 Å². The van der Waals surface area contributed by atoms with Gasteiger partial charge in [-0.3, -0.25) is 0 Å². The highest BCUT2D eigenvalue weighted by atomic mass is 32.1. The topological polar surface area (TPSA) is 56.7 Å². The van der Waals surface area contributed by atoms with E-state index in [1.165, 1.54) is 22.7 Å². The smallest absolute Gasteiger partial charge is 0.355 e. The number of aromatic carboxylic acids is 1. The van der Waals surface area contributed by atoms with E-state index in [-0.39, 0.29) is 5.69 Å². The summed E-state index contributed by atoms with van der Waals surface area (Å²) in [6, 6.07) is 8.25. The number of hydrogen-bond donors (Lipinski definition) is 1. The van der Waals surface area contributed by atoms with Gasteiger partial charge in [0, 0.05) is 25.5 Å². The number of carbonyl (C=O) groups is 1. The zero-order valence-electron chi connectivity index (χ0n) is 11.1. The van der Waals surface area contributed by atoms with Crippen LogP contribution in [0.1, 0.15) is 15.5 Å². The number of aromatic nitrogens is 1. The molecule has 2 heterocycles. The maximum absolute atomic E-state index is 10.9. The first-order chi connectivity index (χ1) is 9.65. The first kappa shape index (κ1) is 12.9. The summed E-state index contributed by atoms with van der Waals surface area (Å²) in [5.41, 5.74) is 2.51. The predicted octanol–water partition coefficient (Wildman–Crippen LogP) is 2.30. The number of likely N-dealkylation sites (N-methyl/N-ethyl adjacent to an activating group) is 1. The molecule has 0 saturated heterocycles. The van der Waals surface area contributed by atoms with Gasteiger partial charge in [0.15, 0.2) is 5.69 Å². The Labute approximate surface area is 121 Å². The standard InChI is InChI=1S/C14H15N3O2S/c1-16-6-7-17(12-5-3-2-4-11(12)16)8-13-15-10(9-20-13)14(18)19/h2-5,9H,6-8H2,1H3,(H,18,19). The first-order valence-electron chi connectivity index (χ1n) is 6.38. The van der Waals surface area contributed by atoms with Gasteiger partial charge < -0.3 is 14.9 Å². The van der Waals surface area contributed by atoms with Crippen molar-refractivity contribution >= 4 is 28.7 Å². The highest BCUT2D eigenvalue weighted by Crippen LogP contribution is 2.32. The molecule has 3 rings (SSSR count). The van der Waals surface area contributed by atoms with Gasteiger partial charge in [0.25, 0.3) is 0 Å². The summed E-state index contributed by atoms with van der Waals surface area (Å²) in [5, 5.41) is 11.4. The maximum Gasteiger partial charge on any atom is 0.355 e. The van der Waals surface area contributed by atoms with Crippen molar-refractivity contribution in [2.75, 3.05) is 29.9 Å². The van der Waals surface area contributed by atoms with E-state index in [1.54, 1.807) is 5.38 Å². The lowest BCUT2D eigenvalue weighted by Crippen LogP contribution is -2.38. The highest BCUT2D eigenvalue weighted by molar-refractivity contribution is 7.09. The van der Waals surface area contributed by atoms with E-state index in [9.17, 15) is 4.79 Å². The number of carboxylic acids is 1. The summed E-state index contributed by atoms with van der Waals surface area (Å²) >= 11 is 1.40. The van der Waals surface area contributed by atoms with Crippen LogP contribution in [0.15, 0.2) is 29.6 Å². The monoisotopic (exact) mass is 289 g/mol. The zero-order chi connectivity index (χ0) is 14.1. The average Bonchev–Trinajstić information content (AvgIpc) is 2.91. The molecule has 0 bridgehead atoms. The van der Waals surface area contributed by atoms with Gasteiger partial charge in [0.05, 0.1) is 17.9 Å². The maximum atomic E-state index is 10.9. The van der Waals surface area contributed by atoms with Crippen molar-refractivity contribution in [1.29, 1.82) is 0 Å². The van der Waals surface area contributed by atoms with Crippen LogP contribution in [0.3, 0.4) is 0 Å². The number of carboxylic acid groups (broad SMARTS) is 1. The minimum absolute atomic E-state index is 0.132. The lowest BCUT2D eigenvalue weighted by Gasteiger charge is -2.36. The molecule has 1 aromatic heterocycles. The molecule has 0 aliphatic carbocycles. The lowest BCUT2D eigenvalue weighted by molar-refractivity contribution is 0.0691. The van der Waals surface area contributed by atoms with Crippen LogP contribution in [0.5, 0.6) is 0 Å². The molecule has 1 aliphatic heterocycles. The fraction of sp³-hybridized carbons (Fsp3) is 0.286. The Balaban J connectivity index is 1.84. The number of rotatable bonds is 3. The summed E-state index contributed by atoms with van der Waals surface area (Å²) in [6.07, 6.45) is 0. The Morgan fingerprint density at radius 3 is 2.80 bits per heavy atom. The molecule has 1 aliphatic rings. The molecule has 0 amide bonds. The third-order valence-corrected chi connectivity index (χ3v) is 4.27. The van der Waals surface area contributed by atoms with Gasteiger partial charge in [-0.05, 0) is 12.1 Å². The van der Waals surface area contributed by atoms with Gasteiger partial charge in [-0.25, -0.2) is 9.78 Å².